The van der Waals surface area contributed by atoms with E-state index in [4.69, 9.17) is 4.74 Å². The standard InChI is InChI=1S/C21H19BrN2O3S/c1-14(15-7-9-17(22)10-8-15)23-19(25)12-27-20(26)11-18-13-28-21(24-18)16-5-3-2-4-6-16/h2-10,13-14H,11-12H2,1H3,(H,23,25). The minimum atomic E-state index is -0.476. The minimum Gasteiger partial charge on any atom is -0.455 e. The molecule has 1 atom stereocenters. The molecule has 1 aromatic heterocycles. The van der Waals surface area contributed by atoms with Gasteiger partial charge in [0.15, 0.2) is 6.61 Å². The van der Waals surface area contributed by atoms with Crippen LogP contribution in [-0.2, 0) is 20.7 Å². The molecular formula is C21H19BrN2O3S. The predicted molar refractivity (Wildman–Crippen MR) is 113 cm³/mol. The SMILES string of the molecule is CC(NC(=O)COC(=O)Cc1csc(-c2ccccc2)n1)c1ccc(Br)cc1. The Bertz CT molecular complexity index is 942. The zero-order chi connectivity index (χ0) is 19.9. The summed E-state index contributed by atoms with van der Waals surface area (Å²) < 4.78 is 6.06. The third-order valence-electron chi connectivity index (χ3n) is 4.01. The predicted octanol–water partition coefficient (Wildman–Crippen LogP) is 4.54. The van der Waals surface area contributed by atoms with Crippen molar-refractivity contribution in [2.24, 2.45) is 0 Å². The van der Waals surface area contributed by atoms with Gasteiger partial charge in [0.05, 0.1) is 18.2 Å². The van der Waals surface area contributed by atoms with Crippen molar-refractivity contribution < 1.29 is 14.3 Å². The van der Waals surface area contributed by atoms with Crippen molar-refractivity contribution in [3.63, 3.8) is 0 Å². The number of thiazole rings is 1. The van der Waals surface area contributed by atoms with Crippen molar-refractivity contribution in [3.05, 3.63) is 75.7 Å². The van der Waals surface area contributed by atoms with Gasteiger partial charge in [0.25, 0.3) is 5.91 Å². The minimum absolute atomic E-state index is 0.0406. The normalized spacial score (nSPS) is 11.6. The Hall–Kier alpha value is -2.51. The maximum Gasteiger partial charge on any atom is 0.312 e. The third kappa shape index (κ3) is 5.74. The van der Waals surface area contributed by atoms with E-state index in [1.165, 1.54) is 11.3 Å². The highest BCUT2D eigenvalue weighted by Crippen LogP contribution is 2.23. The molecule has 0 bridgehead atoms. The first kappa shape index (κ1) is 20.2. The van der Waals surface area contributed by atoms with Crippen molar-refractivity contribution in [3.8, 4) is 10.6 Å². The highest BCUT2D eigenvalue weighted by Gasteiger charge is 2.14. The Morgan fingerprint density at radius 3 is 2.57 bits per heavy atom. The lowest BCUT2D eigenvalue weighted by atomic mass is 10.1. The fourth-order valence-corrected chi connectivity index (χ4v) is 3.65. The number of amides is 1. The van der Waals surface area contributed by atoms with Gasteiger partial charge in [-0.3, -0.25) is 9.59 Å². The van der Waals surface area contributed by atoms with Gasteiger partial charge in [0.1, 0.15) is 5.01 Å². The van der Waals surface area contributed by atoms with Crippen molar-refractivity contribution in [2.45, 2.75) is 19.4 Å². The van der Waals surface area contributed by atoms with Gasteiger partial charge in [0, 0.05) is 15.4 Å². The number of esters is 1. The van der Waals surface area contributed by atoms with E-state index in [1.807, 2.05) is 66.9 Å². The van der Waals surface area contributed by atoms with Gasteiger partial charge >= 0.3 is 5.97 Å². The van der Waals surface area contributed by atoms with Crippen molar-refractivity contribution in [2.75, 3.05) is 6.61 Å². The van der Waals surface area contributed by atoms with Gasteiger partial charge in [-0.15, -0.1) is 11.3 Å². The quantitative estimate of drug-likeness (QED) is 0.527. The summed E-state index contributed by atoms with van der Waals surface area (Å²) in [7, 11) is 0. The molecule has 1 heterocycles. The molecule has 0 spiro atoms. The first-order valence-corrected chi connectivity index (χ1v) is 10.4. The van der Waals surface area contributed by atoms with Crippen LogP contribution in [0.4, 0.5) is 0 Å². The Kier molecular flexibility index (Phi) is 6.95. The van der Waals surface area contributed by atoms with E-state index in [1.54, 1.807) is 0 Å². The topological polar surface area (TPSA) is 68.3 Å². The number of rotatable bonds is 7. The zero-order valence-corrected chi connectivity index (χ0v) is 17.6. The summed E-state index contributed by atoms with van der Waals surface area (Å²) in [6.07, 6.45) is 0.0406. The molecule has 0 aliphatic carbocycles. The summed E-state index contributed by atoms with van der Waals surface area (Å²) in [6.45, 7) is 1.57. The van der Waals surface area contributed by atoms with E-state index in [0.717, 1.165) is 20.6 Å². The fourth-order valence-electron chi connectivity index (χ4n) is 2.56. The lowest BCUT2D eigenvalue weighted by Gasteiger charge is -2.14. The van der Waals surface area contributed by atoms with Crippen LogP contribution >= 0.6 is 27.3 Å². The van der Waals surface area contributed by atoms with E-state index < -0.39 is 5.97 Å². The smallest absolute Gasteiger partial charge is 0.312 e. The summed E-state index contributed by atoms with van der Waals surface area (Å²) in [4.78, 5) is 28.5. The molecule has 28 heavy (non-hydrogen) atoms. The lowest BCUT2D eigenvalue weighted by molar-refractivity contribution is -0.148. The molecule has 1 unspecified atom stereocenters. The van der Waals surface area contributed by atoms with Crippen LogP contribution in [0.15, 0.2) is 64.5 Å². The summed E-state index contributed by atoms with van der Waals surface area (Å²) in [6, 6.07) is 17.3. The molecule has 7 heteroatoms. The number of nitrogens with zero attached hydrogens (tertiary/aromatic N) is 1. The summed E-state index contributed by atoms with van der Waals surface area (Å²) in [5.41, 5.74) is 2.62. The van der Waals surface area contributed by atoms with E-state index in [2.05, 4.69) is 26.2 Å². The van der Waals surface area contributed by atoms with Crippen LogP contribution in [0.3, 0.4) is 0 Å². The second-order valence-corrected chi connectivity index (χ2v) is 7.96. The molecule has 0 radical (unpaired) electrons. The van der Waals surface area contributed by atoms with Crippen LogP contribution in [0.5, 0.6) is 0 Å². The molecule has 0 aliphatic rings. The Morgan fingerprint density at radius 1 is 1.14 bits per heavy atom. The molecule has 144 valence electrons. The van der Waals surface area contributed by atoms with Crippen molar-refractivity contribution in [1.82, 2.24) is 10.3 Å². The molecule has 2 aromatic carbocycles. The molecule has 1 amide bonds. The highest BCUT2D eigenvalue weighted by molar-refractivity contribution is 9.10. The number of benzene rings is 2. The van der Waals surface area contributed by atoms with Crippen molar-refractivity contribution in [1.29, 1.82) is 0 Å². The van der Waals surface area contributed by atoms with Gasteiger partial charge in [-0.05, 0) is 24.6 Å². The van der Waals surface area contributed by atoms with Gasteiger partial charge in [0.2, 0.25) is 0 Å². The Morgan fingerprint density at radius 2 is 1.86 bits per heavy atom. The molecular weight excluding hydrogens is 440 g/mol. The number of hydrogen-bond donors (Lipinski definition) is 1. The van der Waals surface area contributed by atoms with Crippen LogP contribution in [0.2, 0.25) is 0 Å². The molecule has 5 nitrogen and oxygen atoms in total. The van der Waals surface area contributed by atoms with Gasteiger partial charge < -0.3 is 10.1 Å². The number of nitrogens with one attached hydrogen (secondary N) is 1. The average Bonchev–Trinajstić information content (AvgIpc) is 3.16. The van der Waals surface area contributed by atoms with E-state index in [9.17, 15) is 9.59 Å². The zero-order valence-electron chi connectivity index (χ0n) is 15.2. The first-order valence-electron chi connectivity index (χ1n) is 8.71. The molecule has 3 rings (SSSR count). The molecule has 0 aliphatic heterocycles. The van der Waals surface area contributed by atoms with E-state index in [-0.39, 0.29) is 25.0 Å². The second kappa shape index (κ2) is 9.61. The van der Waals surface area contributed by atoms with Crippen LogP contribution in [0.25, 0.3) is 10.6 Å². The summed E-state index contributed by atoms with van der Waals surface area (Å²) >= 11 is 4.85. The van der Waals surface area contributed by atoms with Gasteiger partial charge in [-0.1, -0.05) is 58.4 Å². The fraction of sp³-hybridized carbons (Fsp3) is 0.190. The second-order valence-electron chi connectivity index (χ2n) is 6.19. The summed E-state index contributed by atoms with van der Waals surface area (Å²) in [5.74, 6) is -0.816. The molecule has 0 saturated heterocycles. The lowest BCUT2D eigenvalue weighted by Crippen LogP contribution is -2.31. The number of carbonyl (C=O) groups is 2. The monoisotopic (exact) mass is 458 g/mol. The number of ether oxygens (including phenoxy) is 1. The van der Waals surface area contributed by atoms with Gasteiger partial charge in [-0.2, -0.15) is 0 Å². The molecule has 3 aromatic rings. The number of carbonyl (C=O) groups excluding carboxylic acids is 2. The summed E-state index contributed by atoms with van der Waals surface area (Å²) in [5, 5.41) is 5.50. The highest BCUT2D eigenvalue weighted by atomic mass is 79.9. The maximum atomic E-state index is 12.0. The van der Waals surface area contributed by atoms with Crippen molar-refractivity contribution >= 4 is 39.1 Å². The van der Waals surface area contributed by atoms with E-state index in [0.29, 0.717) is 5.69 Å². The molecule has 0 saturated carbocycles. The number of hydrogen-bond acceptors (Lipinski definition) is 5. The Labute approximate surface area is 175 Å². The largest absolute Gasteiger partial charge is 0.455 e. The number of halogens is 1. The van der Waals surface area contributed by atoms with Crippen LogP contribution in [0.1, 0.15) is 24.2 Å². The van der Waals surface area contributed by atoms with Crippen LogP contribution in [-0.4, -0.2) is 23.5 Å². The van der Waals surface area contributed by atoms with Gasteiger partial charge in [-0.25, -0.2) is 4.98 Å². The first-order chi connectivity index (χ1) is 13.5. The Balaban J connectivity index is 1.46. The average molecular weight is 459 g/mol. The van der Waals surface area contributed by atoms with Crippen LogP contribution in [0, 0.1) is 0 Å². The molecule has 0 fully saturated rings. The number of aromatic nitrogens is 1. The van der Waals surface area contributed by atoms with E-state index >= 15 is 0 Å². The van der Waals surface area contributed by atoms with Crippen LogP contribution < -0.4 is 5.32 Å². The third-order valence-corrected chi connectivity index (χ3v) is 5.48. The maximum absolute atomic E-state index is 12.0. The molecule has 1 N–H and O–H groups in total.